The molecule has 29 heavy (non-hydrogen) atoms. The van der Waals surface area contributed by atoms with Gasteiger partial charge in [0.2, 0.25) is 11.9 Å². The van der Waals surface area contributed by atoms with E-state index in [-0.39, 0.29) is 11.9 Å². The predicted molar refractivity (Wildman–Crippen MR) is 115 cm³/mol. The maximum absolute atomic E-state index is 12.3. The summed E-state index contributed by atoms with van der Waals surface area (Å²) in [4.78, 5) is 25.7. The Hall–Kier alpha value is -2.77. The SMILES string of the molecule is COC(=O)c1ccc(N2CCCCC2)c(N2C(N)=NC(N)=NC23CCCCC3)c1. The van der Waals surface area contributed by atoms with E-state index in [0.717, 1.165) is 63.0 Å². The minimum Gasteiger partial charge on any atom is -0.465 e. The predicted octanol–water partition coefficient (Wildman–Crippen LogP) is 2.57. The Morgan fingerprint density at radius 2 is 1.72 bits per heavy atom. The Kier molecular flexibility index (Phi) is 5.34. The molecule has 4 N–H and O–H groups in total. The van der Waals surface area contributed by atoms with E-state index in [2.05, 4.69) is 9.89 Å². The fourth-order valence-electron chi connectivity index (χ4n) is 4.82. The molecule has 1 saturated carbocycles. The van der Waals surface area contributed by atoms with Crippen molar-refractivity contribution in [1.82, 2.24) is 0 Å². The average Bonchev–Trinajstić information content (AvgIpc) is 2.73. The molecule has 1 saturated heterocycles. The van der Waals surface area contributed by atoms with E-state index in [9.17, 15) is 4.79 Å². The first kappa shape index (κ1) is 19.5. The van der Waals surface area contributed by atoms with Crippen molar-refractivity contribution in [2.45, 2.75) is 57.0 Å². The van der Waals surface area contributed by atoms with Gasteiger partial charge >= 0.3 is 5.97 Å². The second-order valence-corrected chi connectivity index (χ2v) is 8.06. The minimum absolute atomic E-state index is 0.226. The molecule has 2 fully saturated rings. The van der Waals surface area contributed by atoms with Gasteiger partial charge in [-0.2, -0.15) is 4.99 Å². The number of methoxy groups -OCH3 is 1. The largest absolute Gasteiger partial charge is 0.465 e. The second-order valence-electron chi connectivity index (χ2n) is 8.06. The molecule has 156 valence electrons. The van der Waals surface area contributed by atoms with E-state index >= 15 is 0 Å². The van der Waals surface area contributed by atoms with Gasteiger partial charge in [-0.1, -0.05) is 6.42 Å². The fourth-order valence-corrected chi connectivity index (χ4v) is 4.82. The van der Waals surface area contributed by atoms with Crippen LogP contribution in [0, 0.1) is 0 Å². The third-order valence-corrected chi connectivity index (χ3v) is 6.19. The lowest BCUT2D eigenvalue weighted by molar-refractivity contribution is 0.0600. The van der Waals surface area contributed by atoms with Crippen molar-refractivity contribution in [2.24, 2.45) is 21.5 Å². The van der Waals surface area contributed by atoms with Crippen LogP contribution in [0.5, 0.6) is 0 Å². The lowest BCUT2D eigenvalue weighted by Crippen LogP contribution is -2.58. The number of esters is 1. The molecule has 0 amide bonds. The molecule has 4 rings (SSSR count). The number of carbonyl (C=O) groups excluding carboxylic acids is 1. The summed E-state index contributed by atoms with van der Waals surface area (Å²) in [6.45, 7) is 1.96. The van der Waals surface area contributed by atoms with E-state index in [0.29, 0.717) is 11.5 Å². The monoisotopic (exact) mass is 398 g/mol. The lowest BCUT2D eigenvalue weighted by atomic mass is 9.87. The van der Waals surface area contributed by atoms with Crippen LogP contribution in [-0.4, -0.2) is 43.8 Å². The third kappa shape index (κ3) is 3.63. The Balaban J connectivity index is 1.85. The van der Waals surface area contributed by atoms with Gasteiger partial charge in [-0.15, -0.1) is 0 Å². The van der Waals surface area contributed by atoms with Gasteiger partial charge in [0.05, 0.1) is 24.0 Å². The van der Waals surface area contributed by atoms with Gasteiger partial charge < -0.3 is 21.1 Å². The maximum Gasteiger partial charge on any atom is 0.337 e. The van der Waals surface area contributed by atoms with Gasteiger partial charge in [0.25, 0.3) is 0 Å². The number of carbonyl (C=O) groups is 1. The first-order chi connectivity index (χ1) is 14.0. The van der Waals surface area contributed by atoms with Gasteiger partial charge in [0.15, 0.2) is 0 Å². The molecule has 2 heterocycles. The topological polar surface area (TPSA) is 110 Å². The van der Waals surface area contributed by atoms with E-state index in [1.54, 1.807) is 0 Å². The van der Waals surface area contributed by atoms with Crippen molar-refractivity contribution < 1.29 is 9.53 Å². The molecule has 1 spiro atoms. The molecule has 3 aliphatic rings. The number of guanidine groups is 2. The summed E-state index contributed by atoms with van der Waals surface area (Å²) < 4.78 is 4.96. The van der Waals surface area contributed by atoms with Crippen LogP contribution in [0.3, 0.4) is 0 Å². The quantitative estimate of drug-likeness (QED) is 0.758. The van der Waals surface area contributed by atoms with Crippen molar-refractivity contribution >= 4 is 29.3 Å². The van der Waals surface area contributed by atoms with Crippen LogP contribution in [0.15, 0.2) is 28.2 Å². The Morgan fingerprint density at radius 1 is 1.03 bits per heavy atom. The highest BCUT2D eigenvalue weighted by Crippen LogP contribution is 2.43. The number of rotatable bonds is 3. The van der Waals surface area contributed by atoms with Crippen molar-refractivity contribution in [2.75, 3.05) is 30.0 Å². The minimum atomic E-state index is -0.548. The van der Waals surface area contributed by atoms with Gasteiger partial charge in [0.1, 0.15) is 5.66 Å². The van der Waals surface area contributed by atoms with Crippen molar-refractivity contribution in [3.63, 3.8) is 0 Å². The highest BCUT2D eigenvalue weighted by molar-refractivity contribution is 6.08. The summed E-state index contributed by atoms with van der Waals surface area (Å²) in [7, 11) is 1.39. The van der Waals surface area contributed by atoms with Gasteiger partial charge in [-0.05, 0) is 63.1 Å². The number of piperidine rings is 1. The number of anilines is 2. The molecule has 0 radical (unpaired) electrons. The number of aliphatic imine (C=N–C) groups is 2. The van der Waals surface area contributed by atoms with Crippen molar-refractivity contribution in [1.29, 1.82) is 0 Å². The van der Waals surface area contributed by atoms with Crippen LogP contribution in [0.4, 0.5) is 11.4 Å². The van der Waals surface area contributed by atoms with Crippen molar-refractivity contribution in [3.05, 3.63) is 23.8 Å². The van der Waals surface area contributed by atoms with E-state index < -0.39 is 5.66 Å². The molecule has 0 atom stereocenters. The molecular weight excluding hydrogens is 368 g/mol. The fraction of sp³-hybridized carbons (Fsp3) is 0.571. The summed E-state index contributed by atoms with van der Waals surface area (Å²) in [6.07, 6.45) is 8.52. The summed E-state index contributed by atoms with van der Waals surface area (Å²) in [5.74, 6) is 0.189. The molecule has 0 bridgehead atoms. The number of benzene rings is 1. The smallest absolute Gasteiger partial charge is 0.337 e. The highest BCUT2D eigenvalue weighted by atomic mass is 16.5. The zero-order chi connectivity index (χ0) is 20.4. The normalized spacial score (nSPS) is 21.6. The van der Waals surface area contributed by atoms with Crippen LogP contribution < -0.4 is 21.3 Å². The molecule has 8 nitrogen and oxygen atoms in total. The molecule has 1 aromatic carbocycles. The number of hydrogen-bond donors (Lipinski definition) is 2. The van der Waals surface area contributed by atoms with Gasteiger partial charge in [-0.3, -0.25) is 4.90 Å². The van der Waals surface area contributed by atoms with E-state index in [1.807, 2.05) is 23.1 Å². The van der Waals surface area contributed by atoms with Gasteiger partial charge in [0, 0.05) is 13.1 Å². The molecule has 1 aromatic rings. The molecule has 2 aliphatic heterocycles. The van der Waals surface area contributed by atoms with Crippen LogP contribution >= 0.6 is 0 Å². The average molecular weight is 399 g/mol. The Morgan fingerprint density at radius 3 is 2.41 bits per heavy atom. The molecule has 1 aliphatic carbocycles. The molecule has 0 aromatic heterocycles. The first-order valence-electron chi connectivity index (χ1n) is 10.5. The van der Waals surface area contributed by atoms with Gasteiger partial charge in [-0.25, -0.2) is 9.79 Å². The van der Waals surface area contributed by atoms with Crippen LogP contribution in [-0.2, 0) is 4.74 Å². The standard InChI is InChI=1S/C21H30N6O2/c1-29-18(28)15-8-9-16(26-12-6-3-7-13-26)17(14-15)27-20(23)24-19(22)25-21(27)10-4-2-5-11-21/h8-9,14H,2-7,10-13H2,1H3,(H4,22,23,24,25). The zero-order valence-corrected chi connectivity index (χ0v) is 17.1. The van der Waals surface area contributed by atoms with Crippen molar-refractivity contribution in [3.8, 4) is 0 Å². The summed E-state index contributed by atoms with van der Waals surface area (Å²) >= 11 is 0. The number of hydrogen-bond acceptors (Lipinski definition) is 8. The van der Waals surface area contributed by atoms with E-state index in [4.69, 9.17) is 21.2 Å². The highest BCUT2D eigenvalue weighted by Gasteiger charge is 2.44. The number of nitrogens with zero attached hydrogens (tertiary/aromatic N) is 4. The number of ether oxygens (including phenoxy) is 1. The zero-order valence-electron chi connectivity index (χ0n) is 17.1. The van der Waals surface area contributed by atoms with Crippen LogP contribution in [0.2, 0.25) is 0 Å². The Bertz CT molecular complexity index is 838. The number of nitrogens with two attached hydrogens (primary N) is 2. The maximum atomic E-state index is 12.3. The second kappa shape index (κ2) is 7.93. The summed E-state index contributed by atoms with van der Waals surface area (Å²) in [6, 6.07) is 5.69. The van der Waals surface area contributed by atoms with E-state index in [1.165, 1.54) is 20.0 Å². The van der Waals surface area contributed by atoms with Crippen LogP contribution in [0.25, 0.3) is 0 Å². The molecule has 0 unspecified atom stereocenters. The Labute approximate surface area is 171 Å². The van der Waals surface area contributed by atoms with Crippen LogP contribution in [0.1, 0.15) is 61.7 Å². The molecular formula is C21H30N6O2. The molecule has 8 heteroatoms. The summed E-state index contributed by atoms with van der Waals surface area (Å²) in [5, 5.41) is 0. The third-order valence-electron chi connectivity index (χ3n) is 6.19. The first-order valence-corrected chi connectivity index (χ1v) is 10.5. The summed E-state index contributed by atoms with van der Waals surface area (Å²) in [5.41, 5.74) is 14.3. The lowest BCUT2D eigenvalue weighted by Gasteiger charge is -2.47.